The van der Waals surface area contributed by atoms with E-state index in [9.17, 15) is 4.79 Å². The van der Waals surface area contributed by atoms with Gasteiger partial charge in [0.2, 0.25) is 0 Å². The van der Waals surface area contributed by atoms with Crippen LogP contribution in [0.15, 0.2) is 54.6 Å². The van der Waals surface area contributed by atoms with E-state index >= 15 is 0 Å². The molecule has 4 heteroatoms. The minimum atomic E-state index is -0.105. The maximum absolute atomic E-state index is 12.3. The Morgan fingerprint density at radius 3 is 2.04 bits per heavy atom. The van der Waals surface area contributed by atoms with Crippen LogP contribution in [0, 0.1) is 5.92 Å². The van der Waals surface area contributed by atoms with Gasteiger partial charge in [-0.15, -0.1) is 0 Å². The number of piperazine rings is 1. The number of rotatable bonds is 4. The van der Waals surface area contributed by atoms with Gasteiger partial charge in [0.25, 0.3) is 0 Å². The van der Waals surface area contributed by atoms with Gasteiger partial charge < -0.3 is 14.5 Å². The van der Waals surface area contributed by atoms with E-state index in [2.05, 4.69) is 53.2 Å². The predicted molar refractivity (Wildman–Crippen MR) is 104 cm³/mol. The van der Waals surface area contributed by atoms with Gasteiger partial charge in [-0.05, 0) is 30.3 Å². The summed E-state index contributed by atoms with van der Waals surface area (Å²) in [5, 5.41) is 0. The molecule has 0 amide bonds. The summed E-state index contributed by atoms with van der Waals surface area (Å²) in [7, 11) is 3.65. The van der Waals surface area contributed by atoms with E-state index in [4.69, 9.17) is 4.74 Å². The van der Waals surface area contributed by atoms with E-state index in [1.165, 1.54) is 23.9 Å². The van der Waals surface area contributed by atoms with Crippen molar-refractivity contribution in [1.29, 1.82) is 0 Å². The monoisotopic (exact) mass is 350 g/mol. The number of carbonyl (C=O) groups is 1. The lowest BCUT2D eigenvalue weighted by atomic mass is 10.0. The molecule has 0 N–H and O–H groups in total. The SMILES string of the molecule is COC(=O)C1C(c2ccccc2)C1c1ccc(N2CCN(C)CC2)cc1. The number of ether oxygens (including phenoxy) is 1. The number of likely N-dealkylation sites (N-methyl/N-ethyl adjacent to an activating group) is 1. The van der Waals surface area contributed by atoms with Crippen molar-refractivity contribution < 1.29 is 9.53 Å². The maximum atomic E-state index is 12.3. The number of methoxy groups -OCH3 is 1. The average Bonchev–Trinajstić information content (AvgIpc) is 3.44. The quantitative estimate of drug-likeness (QED) is 0.793. The van der Waals surface area contributed by atoms with Crippen LogP contribution >= 0.6 is 0 Å². The zero-order chi connectivity index (χ0) is 18.1. The van der Waals surface area contributed by atoms with Gasteiger partial charge in [0.05, 0.1) is 13.0 Å². The van der Waals surface area contributed by atoms with Crippen molar-refractivity contribution in [2.24, 2.45) is 5.92 Å². The molecular formula is C22H26N2O2. The third-order valence-corrected chi connectivity index (χ3v) is 5.82. The van der Waals surface area contributed by atoms with Crippen molar-refractivity contribution in [3.63, 3.8) is 0 Å². The molecule has 0 aromatic heterocycles. The zero-order valence-electron chi connectivity index (χ0n) is 15.5. The molecule has 4 nitrogen and oxygen atoms in total. The summed E-state index contributed by atoms with van der Waals surface area (Å²) in [5.74, 6) is 0.258. The lowest BCUT2D eigenvalue weighted by molar-refractivity contribution is -0.142. The Morgan fingerprint density at radius 1 is 0.885 bits per heavy atom. The van der Waals surface area contributed by atoms with E-state index in [1.807, 2.05) is 18.2 Å². The van der Waals surface area contributed by atoms with Gasteiger partial charge >= 0.3 is 5.97 Å². The first kappa shape index (κ1) is 17.1. The lowest BCUT2D eigenvalue weighted by Gasteiger charge is -2.34. The first-order valence-corrected chi connectivity index (χ1v) is 9.35. The van der Waals surface area contributed by atoms with Gasteiger partial charge in [0, 0.05) is 43.7 Å². The molecule has 1 aliphatic carbocycles. The van der Waals surface area contributed by atoms with Crippen LogP contribution in [0.25, 0.3) is 0 Å². The average molecular weight is 350 g/mol. The molecule has 26 heavy (non-hydrogen) atoms. The van der Waals surface area contributed by atoms with Crippen LogP contribution in [0.5, 0.6) is 0 Å². The van der Waals surface area contributed by atoms with Crippen LogP contribution in [0.1, 0.15) is 23.0 Å². The van der Waals surface area contributed by atoms with E-state index in [1.54, 1.807) is 0 Å². The summed E-state index contributed by atoms with van der Waals surface area (Å²) in [5.41, 5.74) is 3.72. The second kappa shape index (κ2) is 7.12. The zero-order valence-corrected chi connectivity index (χ0v) is 15.5. The Hall–Kier alpha value is -2.33. The second-order valence-corrected chi connectivity index (χ2v) is 7.39. The van der Waals surface area contributed by atoms with Gasteiger partial charge in [-0.2, -0.15) is 0 Å². The fourth-order valence-corrected chi connectivity index (χ4v) is 4.22. The van der Waals surface area contributed by atoms with E-state index in [0.717, 1.165) is 26.2 Å². The van der Waals surface area contributed by atoms with Crippen LogP contribution in [-0.4, -0.2) is 51.2 Å². The van der Waals surface area contributed by atoms with Gasteiger partial charge in [0.15, 0.2) is 0 Å². The fraction of sp³-hybridized carbons (Fsp3) is 0.409. The molecule has 2 aliphatic rings. The second-order valence-electron chi connectivity index (χ2n) is 7.39. The molecule has 0 bridgehead atoms. The van der Waals surface area contributed by atoms with Crippen molar-refractivity contribution in [3.05, 3.63) is 65.7 Å². The fourth-order valence-electron chi connectivity index (χ4n) is 4.22. The molecule has 3 atom stereocenters. The minimum Gasteiger partial charge on any atom is -0.469 e. The summed E-state index contributed by atoms with van der Waals surface area (Å²) in [4.78, 5) is 17.0. The molecule has 4 rings (SSSR count). The maximum Gasteiger partial charge on any atom is 0.309 e. The van der Waals surface area contributed by atoms with Gasteiger partial charge in [0.1, 0.15) is 0 Å². The number of esters is 1. The van der Waals surface area contributed by atoms with Gasteiger partial charge in [-0.3, -0.25) is 4.79 Å². The Kier molecular flexibility index (Phi) is 4.68. The normalized spacial score (nSPS) is 25.8. The van der Waals surface area contributed by atoms with E-state index < -0.39 is 0 Å². The van der Waals surface area contributed by atoms with E-state index in [0.29, 0.717) is 0 Å². The topological polar surface area (TPSA) is 32.8 Å². The molecule has 0 spiro atoms. The van der Waals surface area contributed by atoms with Crippen LogP contribution in [0.3, 0.4) is 0 Å². The number of hydrogen-bond donors (Lipinski definition) is 0. The van der Waals surface area contributed by atoms with Crippen molar-refractivity contribution in [2.75, 3.05) is 45.2 Å². The molecule has 1 saturated carbocycles. The van der Waals surface area contributed by atoms with Gasteiger partial charge in [-0.25, -0.2) is 0 Å². The highest BCUT2D eigenvalue weighted by Gasteiger charge is 2.56. The standard InChI is InChI=1S/C22H26N2O2/c1-23-12-14-24(15-13-23)18-10-8-17(9-11-18)20-19(21(20)22(25)26-2)16-6-4-3-5-7-16/h3-11,19-21H,12-15H2,1-2H3. The predicted octanol–water partition coefficient (Wildman–Crippen LogP) is 3.11. The summed E-state index contributed by atoms with van der Waals surface area (Å²) in [6.45, 7) is 4.34. The Labute approximate surface area is 155 Å². The summed E-state index contributed by atoms with van der Waals surface area (Å²) >= 11 is 0. The summed E-state index contributed by atoms with van der Waals surface area (Å²) < 4.78 is 5.05. The molecular weight excluding hydrogens is 324 g/mol. The Balaban J connectivity index is 1.53. The lowest BCUT2D eigenvalue weighted by Crippen LogP contribution is -2.44. The third-order valence-electron chi connectivity index (χ3n) is 5.82. The summed E-state index contributed by atoms with van der Waals surface area (Å²) in [6.07, 6.45) is 0. The van der Waals surface area contributed by atoms with Crippen LogP contribution in [0.2, 0.25) is 0 Å². The first-order chi connectivity index (χ1) is 12.7. The van der Waals surface area contributed by atoms with Crippen molar-refractivity contribution >= 4 is 11.7 Å². The number of nitrogens with zero attached hydrogens (tertiary/aromatic N) is 2. The third kappa shape index (κ3) is 3.21. The smallest absolute Gasteiger partial charge is 0.309 e. The van der Waals surface area contributed by atoms with Crippen LogP contribution < -0.4 is 4.90 Å². The first-order valence-electron chi connectivity index (χ1n) is 9.35. The molecule has 2 aromatic carbocycles. The molecule has 1 saturated heterocycles. The highest BCUT2D eigenvalue weighted by Crippen LogP contribution is 2.60. The molecule has 0 radical (unpaired) electrons. The van der Waals surface area contributed by atoms with Crippen LogP contribution in [-0.2, 0) is 9.53 Å². The van der Waals surface area contributed by atoms with Crippen molar-refractivity contribution in [1.82, 2.24) is 4.90 Å². The number of anilines is 1. The highest BCUT2D eigenvalue weighted by atomic mass is 16.5. The van der Waals surface area contributed by atoms with Crippen molar-refractivity contribution in [2.45, 2.75) is 11.8 Å². The Bertz CT molecular complexity index is 751. The highest BCUT2D eigenvalue weighted by molar-refractivity contribution is 5.80. The molecule has 3 unspecified atom stereocenters. The molecule has 2 fully saturated rings. The van der Waals surface area contributed by atoms with Crippen molar-refractivity contribution in [3.8, 4) is 0 Å². The minimum absolute atomic E-state index is 0.0723. The molecule has 1 aliphatic heterocycles. The number of hydrogen-bond acceptors (Lipinski definition) is 4. The van der Waals surface area contributed by atoms with Crippen LogP contribution in [0.4, 0.5) is 5.69 Å². The van der Waals surface area contributed by atoms with E-state index in [-0.39, 0.29) is 23.7 Å². The largest absolute Gasteiger partial charge is 0.469 e. The molecule has 2 aromatic rings. The Morgan fingerprint density at radius 2 is 1.46 bits per heavy atom. The molecule has 1 heterocycles. The van der Waals surface area contributed by atoms with Gasteiger partial charge in [-0.1, -0.05) is 42.5 Å². The summed E-state index contributed by atoms with van der Waals surface area (Å²) in [6, 6.07) is 19.1. The number of carbonyl (C=O) groups excluding carboxylic acids is 1. The molecule has 136 valence electrons. The number of benzene rings is 2.